The fourth-order valence-corrected chi connectivity index (χ4v) is 2.13. The van der Waals surface area contributed by atoms with Gasteiger partial charge in [0, 0.05) is 12.5 Å². The number of aliphatic hydroxyl groups excluding tert-OH is 1. The van der Waals surface area contributed by atoms with E-state index in [1.807, 2.05) is 0 Å². The van der Waals surface area contributed by atoms with E-state index in [9.17, 15) is 15.0 Å². The fourth-order valence-electron chi connectivity index (χ4n) is 2.13. The van der Waals surface area contributed by atoms with Crippen LogP contribution in [0, 0.1) is 6.92 Å². The van der Waals surface area contributed by atoms with Gasteiger partial charge in [0.1, 0.15) is 17.6 Å². The molecule has 0 aliphatic rings. The van der Waals surface area contributed by atoms with E-state index in [0.717, 1.165) is 0 Å². The van der Waals surface area contributed by atoms with E-state index < -0.39 is 6.10 Å². The number of para-hydroxylation sites is 1. The third kappa shape index (κ3) is 3.64. The van der Waals surface area contributed by atoms with E-state index in [-0.39, 0.29) is 23.3 Å². The van der Waals surface area contributed by atoms with E-state index in [1.54, 1.807) is 44.2 Å². The molecule has 2 unspecified atom stereocenters. The number of carbonyl (C=O) groups excluding carboxylic acids is 1. The zero-order valence-corrected chi connectivity index (χ0v) is 12.0. The minimum atomic E-state index is -0.776. The average Bonchev–Trinajstić information content (AvgIpc) is 2.95. The lowest BCUT2D eigenvalue weighted by Crippen LogP contribution is -2.33. The summed E-state index contributed by atoms with van der Waals surface area (Å²) in [7, 11) is 0. The molecule has 1 amide bonds. The number of hydrogen-bond acceptors (Lipinski definition) is 4. The normalized spacial score (nSPS) is 13.7. The molecular weight excluding hydrogens is 270 g/mol. The Labute approximate surface area is 123 Å². The van der Waals surface area contributed by atoms with E-state index in [4.69, 9.17) is 4.42 Å². The number of nitrogens with one attached hydrogen (secondary N) is 1. The Kier molecular flexibility index (Phi) is 4.65. The molecule has 112 valence electrons. The number of hydrogen-bond donors (Lipinski definition) is 3. The predicted octanol–water partition coefficient (Wildman–Crippen LogP) is 2.54. The Hall–Kier alpha value is -2.27. The number of aryl methyl sites for hydroxylation is 1. The fraction of sp³-hybridized carbons (Fsp3) is 0.312. The van der Waals surface area contributed by atoms with Crippen molar-refractivity contribution in [1.82, 2.24) is 5.32 Å². The molecule has 0 bridgehead atoms. The molecule has 2 rings (SSSR count). The molecule has 1 aromatic heterocycles. The molecule has 0 spiro atoms. The molecule has 2 aromatic rings. The smallest absolute Gasteiger partial charge is 0.255 e. The van der Waals surface area contributed by atoms with Crippen molar-refractivity contribution in [1.29, 1.82) is 0 Å². The minimum Gasteiger partial charge on any atom is -0.507 e. The van der Waals surface area contributed by atoms with Gasteiger partial charge >= 0.3 is 0 Å². The maximum atomic E-state index is 12.1. The number of phenols is 1. The first-order valence-electron chi connectivity index (χ1n) is 6.80. The Morgan fingerprint density at radius 2 is 2.10 bits per heavy atom. The van der Waals surface area contributed by atoms with Crippen LogP contribution in [0.4, 0.5) is 0 Å². The van der Waals surface area contributed by atoms with E-state index in [2.05, 4.69) is 5.32 Å². The summed E-state index contributed by atoms with van der Waals surface area (Å²) in [5.74, 6) is 0.0821. The largest absolute Gasteiger partial charge is 0.507 e. The highest BCUT2D eigenvalue weighted by Gasteiger charge is 2.18. The van der Waals surface area contributed by atoms with Crippen LogP contribution in [0.3, 0.4) is 0 Å². The summed E-state index contributed by atoms with van der Waals surface area (Å²) in [5, 5.41) is 22.6. The first-order chi connectivity index (χ1) is 9.99. The van der Waals surface area contributed by atoms with Crippen LogP contribution in [0.25, 0.3) is 0 Å². The van der Waals surface area contributed by atoms with Gasteiger partial charge in [-0.15, -0.1) is 0 Å². The lowest BCUT2D eigenvalue weighted by atomic mass is 10.1. The maximum Gasteiger partial charge on any atom is 0.255 e. The van der Waals surface area contributed by atoms with E-state index in [1.165, 1.54) is 6.26 Å². The SMILES string of the molecule is Cc1cccc(C(=O)NC(C)CC(O)c2ccco2)c1O. The van der Waals surface area contributed by atoms with Crippen LogP contribution in [0.2, 0.25) is 0 Å². The molecule has 5 nitrogen and oxygen atoms in total. The van der Waals surface area contributed by atoms with Gasteiger partial charge < -0.3 is 19.9 Å². The van der Waals surface area contributed by atoms with Crippen LogP contribution in [0.15, 0.2) is 41.0 Å². The van der Waals surface area contributed by atoms with Crippen molar-refractivity contribution in [2.24, 2.45) is 0 Å². The molecular formula is C16H19NO4. The van der Waals surface area contributed by atoms with Crippen LogP contribution in [0.5, 0.6) is 5.75 Å². The second-order valence-corrected chi connectivity index (χ2v) is 5.11. The summed E-state index contributed by atoms with van der Waals surface area (Å²) in [6.45, 7) is 3.52. The highest BCUT2D eigenvalue weighted by molar-refractivity contribution is 5.97. The number of carbonyl (C=O) groups is 1. The molecule has 3 N–H and O–H groups in total. The second kappa shape index (κ2) is 6.45. The topological polar surface area (TPSA) is 82.7 Å². The molecule has 1 heterocycles. The van der Waals surface area contributed by atoms with Crippen LogP contribution >= 0.6 is 0 Å². The van der Waals surface area contributed by atoms with Crippen LogP contribution in [-0.4, -0.2) is 22.2 Å². The number of phenolic OH excluding ortho intramolecular Hbond substituents is 1. The van der Waals surface area contributed by atoms with Gasteiger partial charge in [0.05, 0.1) is 11.8 Å². The lowest BCUT2D eigenvalue weighted by Gasteiger charge is -2.17. The van der Waals surface area contributed by atoms with Crippen molar-refractivity contribution in [3.05, 3.63) is 53.5 Å². The Bertz CT molecular complexity index is 607. The third-order valence-corrected chi connectivity index (χ3v) is 3.31. The van der Waals surface area contributed by atoms with Crippen molar-refractivity contribution in [2.45, 2.75) is 32.4 Å². The number of benzene rings is 1. The number of furan rings is 1. The van der Waals surface area contributed by atoms with Gasteiger partial charge in [0.15, 0.2) is 0 Å². The summed E-state index contributed by atoms with van der Waals surface area (Å²) in [5.41, 5.74) is 0.875. The summed E-state index contributed by atoms with van der Waals surface area (Å²) < 4.78 is 5.12. The lowest BCUT2D eigenvalue weighted by molar-refractivity contribution is 0.0900. The molecule has 0 radical (unpaired) electrons. The first-order valence-corrected chi connectivity index (χ1v) is 6.80. The molecule has 0 saturated carbocycles. The number of rotatable bonds is 5. The summed E-state index contributed by atoms with van der Waals surface area (Å²) in [6.07, 6.45) is 1.04. The molecule has 1 aromatic carbocycles. The van der Waals surface area contributed by atoms with Crippen LogP contribution in [-0.2, 0) is 0 Å². The van der Waals surface area contributed by atoms with Gasteiger partial charge in [0.25, 0.3) is 5.91 Å². The number of amides is 1. The molecule has 0 fully saturated rings. The van der Waals surface area contributed by atoms with Gasteiger partial charge in [-0.25, -0.2) is 0 Å². The van der Waals surface area contributed by atoms with Gasteiger partial charge in [-0.05, 0) is 37.6 Å². The molecule has 0 aliphatic carbocycles. The summed E-state index contributed by atoms with van der Waals surface area (Å²) in [4.78, 5) is 12.1. The minimum absolute atomic E-state index is 0.0196. The monoisotopic (exact) mass is 289 g/mol. The van der Waals surface area contributed by atoms with Crippen LogP contribution in [0.1, 0.15) is 41.1 Å². The van der Waals surface area contributed by atoms with Crippen molar-refractivity contribution < 1.29 is 19.4 Å². The van der Waals surface area contributed by atoms with Crippen molar-refractivity contribution in [3.8, 4) is 5.75 Å². The second-order valence-electron chi connectivity index (χ2n) is 5.11. The standard InChI is InChI=1S/C16H19NO4/c1-10-5-3-6-12(15(10)19)16(20)17-11(2)9-13(18)14-7-4-8-21-14/h3-8,11,13,18-19H,9H2,1-2H3,(H,17,20). The van der Waals surface area contributed by atoms with Gasteiger partial charge in [-0.3, -0.25) is 4.79 Å². The quantitative estimate of drug-likeness (QED) is 0.790. The third-order valence-electron chi connectivity index (χ3n) is 3.31. The highest BCUT2D eigenvalue weighted by atomic mass is 16.4. The predicted molar refractivity (Wildman–Crippen MR) is 78.1 cm³/mol. The van der Waals surface area contributed by atoms with Crippen molar-refractivity contribution >= 4 is 5.91 Å². The molecule has 0 saturated heterocycles. The van der Waals surface area contributed by atoms with Gasteiger partial charge in [0.2, 0.25) is 0 Å². The number of aromatic hydroxyl groups is 1. The average molecular weight is 289 g/mol. The van der Waals surface area contributed by atoms with Gasteiger partial charge in [-0.2, -0.15) is 0 Å². The zero-order chi connectivity index (χ0) is 15.4. The van der Waals surface area contributed by atoms with Crippen molar-refractivity contribution in [3.63, 3.8) is 0 Å². The zero-order valence-electron chi connectivity index (χ0n) is 12.0. The summed E-state index contributed by atoms with van der Waals surface area (Å²) in [6, 6.07) is 8.13. The van der Waals surface area contributed by atoms with E-state index in [0.29, 0.717) is 17.7 Å². The van der Waals surface area contributed by atoms with Crippen LogP contribution < -0.4 is 5.32 Å². The van der Waals surface area contributed by atoms with Crippen molar-refractivity contribution in [2.75, 3.05) is 0 Å². The molecule has 5 heteroatoms. The Balaban J connectivity index is 1.97. The van der Waals surface area contributed by atoms with E-state index >= 15 is 0 Å². The molecule has 0 aliphatic heterocycles. The Morgan fingerprint density at radius 1 is 1.33 bits per heavy atom. The Morgan fingerprint density at radius 3 is 2.76 bits per heavy atom. The molecule has 2 atom stereocenters. The summed E-state index contributed by atoms with van der Waals surface area (Å²) >= 11 is 0. The van der Waals surface area contributed by atoms with Gasteiger partial charge in [-0.1, -0.05) is 12.1 Å². The molecule has 21 heavy (non-hydrogen) atoms. The highest BCUT2D eigenvalue weighted by Crippen LogP contribution is 2.22. The maximum absolute atomic E-state index is 12.1. The first kappa shape index (κ1) is 15.1. The number of aliphatic hydroxyl groups is 1.